The number of quaternary nitrogens is 1. The zero-order valence-corrected chi connectivity index (χ0v) is 18.0. The standard InChI is InChI=1S/C28H29NO/c1-20-9-13-24(14-10-20)26-19-28(30,18-17-23-7-5-4-6-8-23)22(3)27(29-26)25-15-11-21(2)12-16-25/h4-16,22,26-27,29-30H,19H2,1-3H3/p+1/t22-,26+,27-,28-/m1/s1. The van der Waals surface area contributed by atoms with Crippen LogP contribution >= 0.6 is 0 Å². The molecule has 3 N–H and O–H groups in total. The molecular formula is C28H30NO+. The van der Waals surface area contributed by atoms with E-state index in [1.165, 1.54) is 22.3 Å². The molecule has 0 aromatic heterocycles. The molecule has 0 radical (unpaired) electrons. The Labute approximate surface area is 180 Å². The van der Waals surface area contributed by atoms with Crippen molar-refractivity contribution in [3.05, 3.63) is 107 Å². The van der Waals surface area contributed by atoms with Crippen LogP contribution in [0.15, 0.2) is 78.9 Å². The van der Waals surface area contributed by atoms with Crippen LogP contribution in [0.2, 0.25) is 0 Å². The van der Waals surface area contributed by atoms with E-state index in [0.29, 0.717) is 6.42 Å². The summed E-state index contributed by atoms with van der Waals surface area (Å²) in [5, 5.41) is 14.2. The van der Waals surface area contributed by atoms with Crippen molar-refractivity contribution in [1.82, 2.24) is 0 Å². The highest BCUT2D eigenvalue weighted by molar-refractivity contribution is 5.38. The lowest BCUT2D eigenvalue weighted by Crippen LogP contribution is -2.91. The molecule has 30 heavy (non-hydrogen) atoms. The third-order valence-electron chi connectivity index (χ3n) is 6.43. The van der Waals surface area contributed by atoms with Crippen molar-refractivity contribution in [1.29, 1.82) is 0 Å². The molecule has 0 amide bonds. The third-order valence-corrected chi connectivity index (χ3v) is 6.43. The average molecular weight is 397 g/mol. The first-order chi connectivity index (χ1) is 14.4. The van der Waals surface area contributed by atoms with Gasteiger partial charge < -0.3 is 10.4 Å². The van der Waals surface area contributed by atoms with Gasteiger partial charge in [0.15, 0.2) is 0 Å². The maximum atomic E-state index is 11.8. The molecule has 0 spiro atoms. The van der Waals surface area contributed by atoms with E-state index in [2.05, 4.69) is 86.5 Å². The lowest BCUT2D eigenvalue weighted by molar-refractivity contribution is -0.755. The highest BCUT2D eigenvalue weighted by atomic mass is 16.3. The van der Waals surface area contributed by atoms with Gasteiger partial charge in [-0.2, -0.15) is 0 Å². The van der Waals surface area contributed by atoms with E-state index in [1.54, 1.807) is 0 Å². The number of aliphatic hydroxyl groups is 1. The second-order valence-corrected chi connectivity index (χ2v) is 8.68. The Morgan fingerprint density at radius 2 is 1.40 bits per heavy atom. The Morgan fingerprint density at radius 3 is 2.00 bits per heavy atom. The molecule has 1 aliphatic rings. The molecule has 152 valence electrons. The number of benzene rings is 3. The monoisotopic (exact) mass is 396 g/mol. The zero-order chi connectivity index (χ0) is 21.1. The van der Waals surface area contributed by atoms with Crippen molar-refractivity contribution in [2.75, 3.05) is 0 Å². The van der Waals surface area contributed by atoms with Gasteiger partial charge in [-0.3, -0.25) is 0 Å². The van der Waals surface area contributed by atoms with Gasteiger partial charge in [-0.05, 0) is 26.0 Å². The number of hydrogen-bond donors (Lipinski definition) is 2. The molecule has 2 heteroatoms. The van der Waals surface area contributed by atoms with Gasteiger partial charge in [0.1, 0.15) is 17.7 Å². The van der Waals surface area contributed by atoms with Crippen molar-refractivity contribution in [2.45, 2.75) is 44.9 Å². The fourth-order valence-corrected chi connectivity index (χ4v) is 4.40. The van der Waals surface area contributed by atoms with Crippen LogP contribution in [0.1, 0.15) is 53.2 Å². The molecule has 0 unspecified atom stereocenters. The Hall–Kier alpha value is -2.86. The lowest BCUT2D eigenvalue weighted by atomic mass is 9.72. The Balaban J connectivity index is 1.73. The van der Waals surface area contributed by atoms with E-state index in [4.69, 9.17) is 0 Å². The first kappa shape index (κ1) is 20.4. The number of piperidine rings is 1. The van der Waals surface area contributed by atoms with Crippen LogP contribution in [0, 0.1) is 31.6 Å². The predicted molar refractivity (Wildman–Crippen MR) is 122 cm³/mol. The van der Waals surface area contributed by atoms with E-state index >= 15 is 0 Å². The van der Waals surface area contributed by atoms with Gasteiger partial charge in [0.2, 0.25) is 0 Å². The second kappa shape index (κ2) is 8.48. The first-order valence-corrected chi connectivity index (χ1v) is 10.7. The quantitative estimate of drug-likeness (QED) is 0.616. The minimum atomic E-state index is -1.06. The van der Waals surface area contributed by atoms with Gasteiger partial charge in [0.25, 0.3) is 0 Å². The van der Waals surface area contributed by atoms with E-state index < -0.39 is 5.60 Å². The smallest absolute Gasteiger partial charge is 0.140 e. The molecule has 4 rings (SSSR count). The maximum Gasteiger partial charge on any atom is 0.140 e. The Kier molecular flexibility index (Phi) is 5.77. The molecule has 1 fully saturated rings. The van der Waals surface area contributed by atoms with Gasteiger partial charge in [-0.1, -0.05) is 96.6 Å². The molecule has 0 saturated carbocycles. The molecule has 1 heterocycles. The highest BCUT2D eigenvalue weighted by Gasteiger charge is 2.48. The molecule has 4 atom stereocenters. The summed E-state index contributed by atoms with van der Waals surface area (Å²) in [5.74, 6) is 6.50. The van der Waals surface area contributed by atoms with Crippen LogP contribution in [0.5, 0.6) is 0 Å². The molecule has 1 aliphatic heterocycles. The van der Waals surface area contributed by atoms with Gasteiger partial charge >= 0.3 is 0 Å². The Bertz CT molecular complexity index is 1040. The molecule has 0 aliphatic carbocycles. The van der Waals surface area contributed by atoms with Crippen LogP contribution < -0.4 is 5.32 Å². The molecule has 1 saturated heterocycles. The van der Waals surface area contributed by atoms with E-state index in [-0.39, 0.29) is 18.0 Å². The van der Waals surface area contributed by atoms with Crippen molar-refractivity contribution < 1.29 is 10.4 Å². The third kappa shape index (κ3) is 4.33. The van der Waals surface area contributed by atoms with E-state index in [1.807, 2.05) is 30.3 Å². The van der Waals surface area contributed by atoms with Crippen molar-refractivity contribution in [3.63, 3.8) is 0 Å². The number of aryl methyl sites for hydroxylation is 2. The molecule has 3 aromatic rings. The van der Waals surface area contributed by atoms with Crippen LogP contribution in [-0.4, -0.2) is 10.7 Å². The van der Waals surface area contributed by atoms with Gasteiger partial charge in [-0.15, -0.1) is 0 Å². The molecular weight excluding hydrogens is 366 g/mol. The summed E-state index contributed by atoms with van der Waals surface area (Å²) >= 11 is 0. The summed E-state index contributed by atoms with van der Waals surface area (Å²) in [6.45, 7) is 6.34. The maximum absolute atomic E-state index is 11.8. The molecule has 2 nitrogen and oxygen atoms in total. The predicted octanol–water partition coefficient (Wildman–Crippen LogP) is 4.47. The fourth-order valence-electron chi connectivity index (χ4n) is 4.40. The average Bonchev–Trinajstić information content (AvgIpc) is 2.76. The zero-order valence-electron chi connectivity index (χ0n) is 18.0. The molecule has 0 bridgehead atoms. The van der Waals surface area contributed by atoms with Gasteiger partial charge in [-0.25, -0.2) is 0 Å². The van der Waals surface area contributed by atoms with Crippen LogP contribution in [0.3, 0.4) is 0 Å². The number of nitrogens with two attached hydrogens (primary N) is 1. The minimum Gasteiger partial charge on any atom is -0.377 e. The van der Waals surface area contributed by atoms with Crippen molar-refractivity contribution in [2.24, 2.45) is 5.92 Å². The van der Waals surface area contributed by atoms with E-state index in [9.17, 15) is 5.11 Å². The largest absolute Gasteiger partial charge is 0.377 e. The van der Waals surface area contributed by atoms with Crippen LogP contribution in [0.25, 0.3) is 0 Å². The van der Waals surface area contributed by atoms with Crippen molar-refractivity contribution >= 4 is 0 Å². The van der Waals surface area contributed by atoms with Gasteiger partial charge in [0.05, 0.1) is 5.92 Å². The van der Waals surface area contributed by atoms with Gasteiger partial charge in [0, 0.05) is 23.1 Å². The van der Waals surface area contributed by atoms with Crippen LogP contribution in [-0.2, 0) is 0 Å². The summed E-state index contributed by atoms with van der Waals surface area (Å²) in [5.41, 5.74) is 4.85. The Morgan fingerprint density at radius 1 is 0.833 bits per heavy atom. The summed E-state index contributed by atoms with van der Waals surface area (Å²) in [7, 11) is 0. The van der Waals surface area contributed by atoms with Crippen LogP contribution in [0.4, 0.5) is 0 Å². The molecule has 3 aromatic carbocycles. The summed E-state index contributed by atoms with van der Waals surface area (Å²) < 4.78 is 0. The SMILES string of the molecule is Cc1ccc([C@@H]2C[C@](O)(C#Cc3ccccc3)[C@H](C)[C@H](c3ccc(C)cc3)[NH2+]2)cc1. The second-order valence-electron chi connectivity index (χ2n) is 8.68. The summed E-state index contributed by atoms with van der Waals surface area (Å²) in [6.07, 6.45) is 0.611. The summed E-state index contributed by atoms with van der Waals surface area (Å²) in [4.78, 5) is 0. The highest BCUT2D eigenvalue weighted by Crippen LogP contribution is 2.38. The number of rotatable bonds is 2. The topological polar surface area (TPSA) is 36.8 Å². The van der Waals surface area contributed by atoms with E-state index in [0.717, 1.165) is 5.56 Å². The first-order valence-electron chi connectivity index (χ1n) is 10.7. The summed E-state index contributed by atoms with van der Waals surface area (Å²) in [6, 6.07) is 27.6. The number of hydrogen-bond acceptors (Lipinski definition) is 1. The normalized spacial score (nSPS) is 25.9. The van der Waals surface area contributed by atoms with Crippen molar-refractivity contribution in [3.8, 4) is 11.8 Å². The fraction of sp³-hybridized carbons (Fsp3) is 0.286. The minimum absolute atomic E-state index is 0.00174. The lowest BCUT2D eigenvalue weighted by Gasteiger charge is -2.42.